The van der Waals surface area contributed by atoms with Crippen LogP contribution in [0.2, 0.25) is 0 Å². The standard InChI is InChI=1S/C15H18N2O3/c18-9-11-5-7-16(8-6-11)10-17-14(19)12-3-1-2-4-13(12)15(17)20/h1-4,11,18H,5-10H2. The Balaban J connectivity index is 1.68. The third kappa shape index (κ3) is 2.23. The number of hydrogen-bond donors (Lipinski definition) is 1. The largest absolute Gasteiger partial charge is 0.396 e. The summed E-state index contributed by atoms with van der Waals surface area (Å²) >= 11 is 0. The van der Waals surface area contributed by atoms with Crippen molar-refractivity contribution in [1.82, 2.24) is 9.80 Å². The van der Waals surface area contributed by atoms with Crippen LogP contribution >= 0.6 is 0 Å². The van der Waals surface area contributed by atoms with Crippen molar-refractivity contribution in [2.75, 3.05) is 26.4 Å². The van der Waals surface area contributed by atoms with Crippen LogP contribution < -0.4 is 0 Å². The van der Waals surface area contributed by atoms with Crippen molar-refractivity contribution in [2.45, 2.75) is 12.8 Å². The quantitative estimate of drug-likeness (QED) is 0.834. The van der Waals surface area contributed by atoms with Crippen LogP contribution in [0.15, 0.2) is 24.3 Å². The minimum absolute atomic E-state index is 0.199. The number of hydrogen-bond acceptors (Lipinski definition) is 4. The van der Waals surface area contributed by atoms with Crippen LogP contribution in [-0.2, 0) is 0 Å². The van der Waals surface area contributed by atoms with Gasteiger partial charge in [0, 0.05) is 19.7 Å². The molecule has 5 heteroatoms. The van der Waals surface area contributed by atoms with E-state index >= 15 is 0 Å². The summed E-state index contributed by atoms with van der Waals surface area (Å²) in [5.41, 5.74) is 1.01. The number of carbonyl (C=O) groups is 2. The van der Waals surface area contributed by atoms with Crippen molar-refractivity contribution in [2.24, 2.45) is 5.92 Å². The highest BCUT2D eigenvalue weighted by Gasteiger charge is 2.36. The van der Waals surface area contributed by atoms with Crippen molar-refractivity contribution in [3.63, 3.8) is 0 Å². The zero-order valence-corrected chi connectivity index (χ0v) is 11.3. The average Bonchev–Trinajstić information content (AvgIpc) is 2.74. The van der Waals surface area contributed by atoms with Gasteiger partial charge in [-0.3, -0.25) is 19.4 Å². The van der Waals surface area contributed by atoms with E-state index in [1.807, 2.05) is 0 Å². The molecule has 2 aliphatic heterocycles. The lowest BCUT2D eigenvalue weighted by Gasteiger charge is -2.33. The number of aliphatic hydroxyl groups is 1. The third-order valence-electron chi connectivity index (χ3n) is 4.18. The Morgan fingerprint density at radius 3 is 2.10 bits per heavy atom. The summed E-state index contributed by atoms with van der Waals surface area (Å²) in [5.74, 6) is -0.0433. The number of carbonyl (C=O) groups excluding carboxylic acids is 2. The molecule has 0 aromatic heterocycles. The molecule has 0 atom stereocenters. The lowest BCUT2D eigenvalue weighted by atomic mass is 9.98. The normalized spacial score (nSPS) is 20.6. The number of imide groups is 1. The van der Waals surface area contributed by atoms with E-state index in [-0.39, 0.29) is 18.4 Å². The van der Waals surface area contributed by atoms with Crippen molar-refractivity contribution < 1.29 is 14.7 Å². The predicted octanol–water partition coefficient (Wildman–Crippen LogP) is 0.944. The summed E-state index contributed by atoms with van der Waals surface area (Å²) in [6.45, 7) is 2.21. The molecule has 1 N–H and O–H groups in total. The molecule has 2 heterocycles. The molecule has 5 nitrogen and oxygen atoms in total. The highest BCUT2D eigenvalue weighted by atomic mass is 16.3. The van der Waals surface area contributed by atoms with E-state index in [0.717, 1.165) is 25.9 Å². The number of benzene rings is 1. The van der Waals surface area contributed by atoms with Crippen molar-refractivity contribution in [3.05, 3.63) is 35.4 Å². The Morgan fingerprint density at radius 1 is 1.05 bits per heavy atom. The van der Waals surface area contributed by atoms with Crippen LogP contribution in [0.4, 0.5) is 0 Å². The van der Waals surface area contributed by atoms with E-state index in [1.54, 1.807) is 24.3 Å². The molecule has 0 radical (unpaired) electrons. The van der Waals surface area contributed by atoms with Gasteiger partial charge >= 0.3 is 0 Å². The Labute approximate surface area is 117 Å². The zero-order chi connectivity index (χ0) is 14.1. The first-order chi connectivity index (χ1) is 9.70. The first-order valence-electron chi connectivity index (χ1n) is 6.99. The van der Waals surface area contributed by atoms with Crippen LogP contribution in [-0.4, -0.2) is 53.1 Å². The third-order valence-corrected chi connectivity index (χ3v) is 4.18. The van der Waals surface area contributed by atoms with Gasteiger partial charge in [0.1, 0.15) is 0 Å². The maximum Gasteiger partial charge on any atom is 0.262 e. The highest BCUT2D eigenvalue weighted by molar-refractivity contribution is 6.21. The van der Waals surface area contributed by atoms with Crippen LogP contribution in [0.5, 0.6) is 0 Å². The fourth-order valence-electron chi connectivity index (χ4n) is 2.88. The maximum atomic E-state index is 12.2. The monoisotopic (exact) mass is 274 g/mol. The molecule has 3 rings (SSSR count). The second kappa shape index (κ2) is 5.34. The van der Waals surface area contributed by atoms with Crippen LogP contribution in [0.25, 0.3) is 0 Å². The molecular formula is C15H18N2O3. The van der Waals surface area contributed by atoms with E-state index in [1.165, 1.54) is 4.90 Å². The molecule has 2 amide bonds. The molecule has 2 aliphatic rings. The average molecular weight is 274 g/mol. The van der Waals surface area contributed by atoms with Gasteiger partial charge in [-0.25, -0.2) is 0 Å². The van der Waals surface area contributed by atoms with Crippen LogP contribution in [0, 0.1) is 5.92 Å². The second-order valence-corrected chi connectivity index (χ2v) is 5.47. The summed E-state index contributed by atoms with van der Waals surface area (Å²) < 4.78 is 0. The smallest absolute Gasteiger partial charge is 0.262 e. The molecule has 0 unspecified atom stereocenters. The fraction of sp³-hybridized carbons (Fsp3) is 0.467. The van der Waals surface area contributed by atoms with Crippen molar-refractivity contribution in [1.29, 1.82) is 0 Å². The number of aliphatic hydroxyl groups excluding tert-OH is 1. The summed E-state index contributed by atoms with van der Waals surface area (Å²) in [5, 5.41) is 9.13. The number of piperidine rings is 1. The molecule has 20 heavy (non-hydrogen) atoms. The fourth-order valence-corrected chi connectivity index (χ4v) is 2.88. The van der Waals surface area contributed by atoms with Crippen molar-refractivity contribution >= 4 is 11.8 Å². The van der Waals surface area contributed by atoms with Crippen molar-refractivity contribution in [3.8, 4) is 0 Å². The molecule has 1 saturated heterocycles. The van der Waals surface area contributed by atoms with E-state index in [9.17, 15) is 9.59 Å². The number of rotatable bonds is 3. The van der Waals surface area contributed by atoms with E-state index in [2.05, 4.69) is 4.90 Å². The molecular weight excluding hydrogens is 256 g/mol. The lowest BCUT2D eigenvalue weighted by molar-refractivity contribution is 0.0467. The summed E-state index contributed by atoms with van der Waals surface area (Å²) in [6.07, 6.45) is 1.83. The number of fused-ring (bicyclic) bond motifs is 1. The van der Waals surface area contributed by atoms with Crippen LogP contribution in [0.3, 0.4) is 0 Å². The van der Waals surface area contributed by atoms with Gasteiger partial charge in [0.2, 0.25) is 0 Å². The molecule has 0 bridgehead atoms. The molecule has 1 aromatic rings. The number of nitrogens with zero attached hydrogens (tertiary/aromatic N) is 2. The Bertz CT molecular complexity index is 501. The van der Waals surface area contributed by atoms with E-state index in [4.69, 9.17) is 5.11 Å². The van der Waals surface area contributed by atoms with E-state index < -0.39 is 0 Å². The zero-order valence-electron chi connectivity index (χ0n) is 11.3. The Morgan fingerprint density at radius 2 is 1.60 bits per heavy atom. The van der Waals surface area contributed by atoms with Crippen LogP contribution in [0.1, 0.15) is 33.6 Å². The highest BCUT2D eigenvalue weighted by Crippen LogP contribution is 2.24. The molecule has 106 valence electrons. The Hall–Kier alpha value is -1.72. The van der Waals surface area contributed by atoms with E-state index in [0.29, 0.717) is 23.7 Å². The summed E-state index contributed by atoms with van der Waals surface area (Å²) in [4.78, 5) is 27.9. The lowest BCUT2D eigenvalue weighted by Crippen LogP contribution is -2.44. The topological polar surface area (TPSA) is 60.9 Å². The predicted molar refractivity (Wildman–Crippen MR) is 73.2 cm³/mol. The summed E-state index contributed by atoms with van der Waals surface area (Å²) in [7, 11) is 0. The first kappa shape index (κ1) is 13.3. The molecule has 1 fully saturated rings. The van der Waals surface area contributed by atoms with Gasteiger partial charge < -0.3 is 5.11 Å². The van der Waals surface area contributed by atoms with Gasteiger partial charge in [-0.1, -0.05) is 12.1 Å². The molecule has 0 spiro atoms. The minimum Gasteiger partial charge on any atom is -0.396 e. The maximum absolute atomic E-state index is 12.2. The van der Waals surface area contributed by atoms with Gasteiger partial charge in [0.15, 0.2) is 0 Å². The second-order valence-electron chi connectivity index (χ2n) is 5.47. The van der Waals surface area contributed by atoms with Gasteiger partial charge in [0.05, 0.1) is 17.8 Å². The summed E-state index contributed by atoms with van der Waals surface area (Å²) in [6, 6.07) is 6.96. The minimum atomic E-state index is -0.199. The van der Waals surface area contributed by atoms with Gasteiger partial charge in [-0.05, 0) is 30.9 Å². The van der Waals surface area contributed by atoms with Gasteiger partial charge in [-0.15, -0.1) is 0 Å². The number of amides is 2. The SMILES string of the molecule is O=C1c2ccccc2C(=O)N1CN1CCC(CO)CC1. The molecule has 1 aromatic carbocycles. The Kier molecular flexibility index (Phi) is 3.54. The number of likely N-dealkylation sites (tertiary alicyclic amines) is 1. The molecule has 0 aliphatic carbocycles. The molecule has 0 saturated carbocycles. The first-order valence-corrected chi connectivity index (χ1v) is 6.99. The van der Waals surface area contributed by atoms with Gasteiger partial charge in [0.25, 0.3) is 11.8 Å². The van der Waals surface area contributed by atoms with Gasteiger partial charge in [-0.2, -0.15) is 0 Å².